The molecule has 83 heavy (non-hydrogen) atoms. The average molecular weight is 1220 g/mol. The zero-order valence-electron chi connectivity index (χ0n) is 45.4. The van der Waals surface area contributed by atoms with Crippen molar-refractivity contribution in [2.45, 2.75) is 87.0 Å². The van der Waals surface area contributed by atoms with Crippen LogP contribution in [-0.2, 0) is 73.3 Å². The number of benzene rings is 1. The first-order valence-corrected chi connectivity index (χ1v) is 30.4. The van der Waals surface area contributed by atoms with Gasteiger partial charge in [0.2, 0.25) is 44.9 Å². The largest absolute Gasteiger partial charge is 0.493 e. The summed E-state index contributed by atoms with van der Waals surface area (Å²) in [6.45, 7) is 4.21. The van der Waals surface area contributed by atoms with Crippen LogP contribution in [0.25, 0.3) is 11.1 Å². The number of pyridine rings is 2. The van der Waals surface area contributed by atoms with Crippen molar-refractivity contribution in [3.63, 3.8) is 0 Å². The van der Waals surface area contributed by atoms with Crippen LogP contribution >= 0.6 is 11.3 Å². The van der Waals surface area contributed by atoms with E-state index in [0.29, 0.717) is 29.7 Å². The number of primary sulfonamides is 1. The van der Waals surface area contributed by atoms with E-state index < -0.39 is 108 Å². The van der Waals surface area contributed by atoms with Gasteiger partial charge in [0.1, 0.15) is 47.1 Å². The molecule has 0 saturated carbocycles. The summed E-state index contributed by atoms with van der Waals surface area (Å²) < 4.78 is 97.6. The Bertz CT molecular complexity index is 3240. The van der Waals surface area contributed by atoms with Gasteiger partial charge in [0, 0.05) is 68.3 Å². The van der Waals surface area contributed by atoms with E-state index in [0.717, 1.165) is 17.2 Å². The second kappa shape index (κ2) is 30.7. The first kappa shape index (κ1) is 64.7. The molecule has 4 bridgehead atoms. The van der Waals surface area contributed by atoms with E-state index in [4.69, 9.17) is 28.8 Å². The minimum Gasteiger partial charge on any atom is -0.493 e. The molecule has 4 aromatic rings. The van der Waals surface area contributed by atoms with Crippen LogP contribution in [0.5, 0.6) is 11.6 Å². The molecule has 4 atom stereocenters. The van der Waals surface area contributed by atoms with Gasteiger partial charge in [0.05, 0.1) is 81.0 Å². The highest BCUT2D eigenvalue weighted by atomic mass is 32.2. The molecule has 1 fully saturated rings. The van der Waals surface area contributed by atoms with Crippen molar-refractivity contribution in [3.8, 4) is 22.8 Å². The van der Waals surface area contributed by atoms with Crippen molar-refractivity contribution < 1.29 is 83.8 Å². The Morgan fingerprint density at radius 1 is 0.867 bits per heavy atom. The molecule has 1 aromatic carbocycles. The van der Waals surface area contributed by atoms with Gasteiger partial charge in [0.25, 0.3) is 15.9 Å². The number of nitrogens with zero attached hydrogens (tertiary/aromatic N) is 6. The van der Waals surface area contributed by atoms with Gasteiger partial charge in [-0.15, -0.1) is 10.2 Å². The van der Waals surface area contributed by atoms with Crippen LogP contribution < -0.4 is 41.2 Å². The number of rotatable bonds is 27. The molecular formula is C50H64F2N12O16S3. The Morgan fingerprint density at radius 2 is 1.58 bits per heavy atom. The lowest BCUT2D eigenvalue weighted by Gasteiger charge is -2.29. The fourth-order valence-electron chi connectivity index (χ4n) is 8.22. The van der Waals surface area contributed by atoms with Crippen molar-refractivity contribution >= 4 is 89.3 Å². The number of carboxylic acids is 1. The number of fused-ring (bicyclic) bond motifs is 6. The number of anilines is 3. The van der Waals surface area contributed by atoms with Gasteiger partial charge in [-0.25, -0.2) is 31.5 Å². The molecule has 6 amide bonds. The summed E-state index contributed by atoms with van der Waals surface area (Å²) >= 11 is 0.570. The van der Waals surface area contributed by atoms with Crippen LogP contribution in [0.15, 0.2) is 51.3 Å². The van der Waals surface area contributed by atoms with Gasteiger partial charge in [-0.2, -0.15) is 9.35 Å². The fraction of sp³-hybridized carbons (Fsp3) is 0.500. The first-order valence-electron chi connectivity index (χ1n) is 26.0. The number of likely N-dealkylation sites (tertiary alicyclic amines) is 1. The molecule has 8 N–H and O–H groups in total. The van der Waals surface area contributed by atoms with Gasteiger partial charge in [0.15, 0.2) is 0 Å². The summed E-state index contributed by atoms with van der Waals surface area (Å²) in [7, 11) is -7.46. The minimum absolute atomic E-state index is 0.0455. The van der Waals surface area contributed by atoms with Gasteiger partial charge in [-0.1, -0.05) is 25.2 Å². The molecule has 0 spiro atoms. The normalized spacial score (nSPS) is 15.6. The fourth-order valence-corrected chi connectivity index (χ4v) is 10.9. The molecule has 1 saturated heterocycles. The maximum atomic E-state index is 15.1. The number of halogens is 2. The van der Waals surface area contributed by atoms with Crippen molar-refractivity contribution in [2.75, 3.05) is 82.8 Å². The average Bonchev–Trinajstić information content (AvgIpc) is 4.19. The Hall–Kier alpha value is -7.43. The Morgan fingerprint density at radius 3 is 2.29 bits per heavy atom. The van der Waals surface area contributed by atoms with E-state index in [-0.39, 0.29) is 137 Å². The molecule has 2 aliphatic rings. The monoisotopic (exact) mass is 1220 g/mol. The quantitative estimate of drug-likeness (QED) is 0.0332. The lowest BCUT2D eigenvalue weighted by molar-refractivity contribution is -0.146. The molecule has 0 unspecified atom stereocenters. The molecular weight excluding hydrogens is 1160 g/mol. The summed E-state index contributed by atoms with van der Waals surface area (Å²) in [5, 5.41) is 34.4. The van der Waals surface area contributed by atoms with Crippen LogP contribution in [0.4, 0.5) is 25.5 Å². The highest BCUT2D eigenvalue weighted by Gasteiger charge is 2.40. The number of nitrogens with one attached hydrogen (secondary N) is 5. The van der Waals surface area contributed by atoms with Gasteiger partial charge < -0.3 is 60.3 Å². The Balaban J connectivity index is 0.928. The number of nitrogens with two attached hydrogens (primary N) is 1. The van der Waals surface area contributed by atoms with Crippen LogP contribution in [0.3, 0.4) is 0 Å². The molecule has 33 heteroatoms. The molecule has 28 nitrogen and oxygen atoms in total. The van der Waals surface area contributed by atoms with E-state index in [1.807, 2.05) is 0 Å². The Kier molecular flexibility index (Phi) is 24.0. The molecule has 0 aliphatic carbocycles. The van der Waals surface area contributed by atoms with Gasteiger partial charge in [-0.3, -0.25) is 33.6 Å². The number of sulfonamides is 1. The number of aliphatic carboxylic acids is 1. The number of amides is 6. The standard InChI is InChI=1S/C50H64F2N12O16S3/c1-29(2)45(47(71)63-82(3,73)28-30-22-39-57-38-25-33(34(52)27-55-38)32-8-7-31(51)24-37(32)79-14-5-15-80-43(23-30)58-39)60-46(70)36-6-4-13-64(36)48(72)35(26-44(68)69)56-42(67)11-16-76-18-20-78-21-19-77-17-12-54-40(65)9-10-41(66)59-49-61-62-50(81-49)83(53,74)75/h7-8,22-25,27,29,35-36,45H,4-6,9-21,26,28H2,1-3H3,(H,54,65)(H,56,67)(H,60,70)(H,68,69)(H2,53,74,75)(H,55,57,58)(H,59,61,66)/t35-,36-,45-,82+/m0/s1. The lowest BCUT2D eigenvalue weighted by Crippen LogP contribution is -2.56. The maximum absolute atomic E-state index is 15.1. The third-order valence-electron chi connectivity index (χ3n) is 12.1. The summed E-state index contributed by atoms with van der Waals surface area (Å²) in [6, 6.07) is 4.16. The number of carboxylic acid groups (broad SMARTS) is 1. The third kappa shape index (κ3) is 20.8. The number of hydrogen-bond donors (Lipinski definition) is 7. The zero-order chi connectivity index (χ0) is 60.3. The molecule has 452 valence electrons. The van der Waals surface area contributed by atoms with Crippen LogP contribution in [0.1, 0.15) is 64.4 Å². The minimum atomic E-state index is -4.06. The third-order valence-corrected chi connectivity index (χ3v) is 15.6. The van der Waals surface area contributed by atoms with Crippen molar-refractivity contribution in [1.29, 1.82) is 0 Å². The van der Waals surface area contributed by atoms with E-state index in [1.54, 1.807) is 13.8 Å². The number of carbonyl (C=O) groups is 7. The molecule has 6 rings (SSSR count). The second-order valence-electron chi connectivity index (χ2n) is 19.1. The molecule has 0 radical (unpaired) electrons. The van der Waals surface area contributed by atoms with Gasteiger partial charge in [-0.05, 0) is 48.6 Å². The SMILES string of the molecule is CC(C)[C@H](NC(=O)[C@@H]1CCCN1C(=O)[C@H](CC(=O)O)NC(=O)CCOCCOCCOCCNC(=O)CCC(=O)Nc1nnc(S(N)(=O)=O)s1)C(=O)N=[S@](C)(=O)Cc1cc2nc(c1)OCCCOc1cc(F)ccc1-c1cc(ncc1F)N2. The smallest absolute Gasteiger partial charge is 0.305 e. The predicted octanol–water partition coefficient (Wildman–Crippen LogP) is 2.02. The van der Waals surface area contributed by atoms with Crippen LogP contribution in [0, 0.1) is 17.6 Å². The van der Waals surface area contributed by atoms with E-state index in [2.05, 4.69) is 51.1 Å². The second-order valence-corrected chi connectivity index (χ2v) is 24.2. The van der Waals surface area contributed by atoms with Crippen LogP contribution in [0.2, 0.25) is 0 Å². The number of aromatic nitrogens is 4. The van der Waals surface area contributed by atoms with Crippen LogP contribution in [-0.4, -0.2) is 175 Å². The highest BCUT2D eigenvalue weighted by molar-refractivity contribution is 7.92. The predicted molar refractivity (Wildman–Crippen MR) is 293 cm³/mol. The lowest BCUT2D eigenvalue weighted by atomic mass is 10.0. The number of hydrogen-bond acceptors (Lipinski definition) is 21. The summed E-state index contributed by atoms with van der Waals surface area (Å²) in [5.74, 6) is -7.17. The zero-order valence-corrected chi connectivity index (χ0v) is 47.8. The summed E-state index contributed by atoms with van der Waals surface area (Å²) in [6.07, 6.45) is 1.65. The molecule has 2 aliphatic heterocycles. The van der Waals surface area contributed by atoms with Gasteiger partial charge >= 0.3 is 5.97 Å². The molecule has 3 aromatic heterocycles. The molecule has 5 heterocycles. The Labute approximate surface area is 479 Å². The topological polar surface area (TPSA) is 390 Å². The van der Waals surface area contributed by atoms with Crippen molar-refractivity contribution in [2.24, 2.45) is 15.4 Å². The first-order chi connectivity index (χ1) is 39.4. The highest BCUT2D eigenvalue weighted by Crippen LogP contribution is 2.35. The number of carbonyl (C=O) groups excluding carboxylic acids is 6. The maximum Gasteiger partial charge on any atom is 0.305 e. The van der Waals surface area contributed by atoms with E-state index in [1.165, 1.54) is 36.6 Å². The summed E-state index contributed by atoms with van der Waals surface area (Å²) in [4.78, 5) is 100. The van der Waals surface area contributed by atoms with Crippen molar-refractivity contribution in [1.82, 2.24) is 41.0 Å². The number of ether oxygens (including phenoxy) is 5. The van der Waals surface area contributed by atoms with E-state index in [9.17, 15) is 55.7 Å². The van der Waals surface area contributed by atoms with E-state index >= 15 is 4.39 Å². The summed E-state index contributed by atoms with van der Waals surface area (Å²) in [5.41, 5.74) is 0.737. The van der Waals surface area contributed by atoms with Crippen molar-refractivity contribution in [3.05, 3.63) is 59.8 Å².